The molecule has 2 rings (SSSR count). The predicted molar refractivity (Wildman–Crippen MR) is 82.9 cm³/mol. The topological polar surface area (TPSA) is 69.6 Å². The number of nitrogens with one attached hydrogen (secondary N) is 1. The fraction of sp³-hybridized carbons (Fsp3) is 0.467. The molecule has 114 valence electrons. The van der Waals surface area contributed by atoms with E-state index in [1.54, 1.807) is 18.2 Å². The molecule has 0 saturated heterocycles. The maximum atomic E-state index is 12.0. The van der Waals surface area contributed by atoms with Gasteiger partial charge in [-0.3, -0.25) is 19.8 Å². The summed E-state index contributed by atoms with van der Waals surface area (Å²) in [5.74, 6) is -0.749. The van der Waals surface area contributed by atoms with E-state index in [4.69, 9.17) is 5.11 Å². The fourth-order valence-electron chi connectivity index (χ4n) is 2.33. The normalized spacial score (nSPS) is 14.8. The van der Waals surface area contributed by atoms with Crippen molar-refractivity contribution in [3.8, 4) is 0 Å². The number of benzene rings is 1. The Morgan fingerprint density at radius 2 is 2.05 bits per heavy atom. The average molecular weight is 355 g/mol. The highest BCUT2D eigenvalue weighted by Gasteiger charge is 2.26. The number of carbonyl (C=O) groups excluding carboxylic acids is 2. The van der Waals surface area contributed by atoms with Crippen LogP contribution in [-0.2, 0) is 4.79 Å². The lowest BCUT2D eigenvalue weighted by Crippen LogP contribution is -2.48. The lowest BCUT2D eigenvalue weighted by Gasteiger charge is -2.36. The molecule has 0 atom stereocenters. The first kappa shape index (κ1) is 16.1. The zero-order valence-electron chi connectivity index (χ0n) is 11.7. The molecular formula is C15H19BrN2O3. The zero-order valence-corrected chi connectivity index (χ0v) is 13.3. The van der Waals surface area contributed by atoms with Crippen LogP contribution in [0.25, 0.3) is 0 Å². The van der Waals surface area contributed by atoms with E-state index in [2.05, 4.69) is 21.2 Å². The van der Waals surface area contributed by atoms with Gasteiger partial charge in [-0.15, -0.1) is 0 Å². The van der Waals surface area contributed by atoms with Crippen molar-refractivity contribution in [2.45, 2.75) is 25.3 Å². The van der Waals surface area contributed by atoms with Gasteiger partial charge in [0.2, 0.25) is 5.91 Å². The molecule has 0 aliphatic heterocycles. The molecule has 1 aliphatic carbocycles. The summed E-state index contributed by atoms with van der Waals surface area (Å²) in [6.07, 6.45) is 3.25. The van der Waals surface area contributed by atoms with Crippen molar-refractivity contribution in [2.75, 3.05) is 19.7 Å². The highest BCUT2D eigenvalue weighted by Crippen LogP contribution is 2.24. The molecule has 1 fully saturated rings. The van der Waals surface area contributed by atoms with Gasteiger partial charge in [-0.2, -0.15) is 0 Å². The molecule has 0 unspecified atom stereocenters. The summed E-state index contributed by atoms with van der Waals surface area (Å²) in [6, 6.07) is 7.32. The average Bonchev–Trinajstić information content (AvgIpc) is 2.37. The highest BCUT2D eigenvalue weighted by molar-refractivity contribution is 9.10. The van der Waals surface area contributed by atoms with E-state index >= 15 is 0 Å². The molecule has 21 heavy (non-hydrogen) atoms. The first-order chi connectivity index (χ1) is 10.1. The van der Waals surface area contributed by atoms with Crippen molar-refractivity contribution in [2.24, 2.45) is 0 Å². The minimum absolute atomic E-state index is 0.0158. The van der Waals surface area contributed by atoms with E-state index in [0.717, 1.165) is 19.3 Å². The number of amides is 2. The number of rotatable bonds is 6. The molecule has 1 saturated carbocycles. The Morgan fingerprint density at radius 1 is 1.33 bits per heavy atom. The van der Waals surface area contributed by atoms with E-state index < -0.39 is 5.91 Å². The molecule has 1 aromatic carbocycles. The molecule has 0 bridgehead atoms. The minimum Gasteiger partial charge on any atom is -0.395 e. The van der Waals surface area contributed by atoms with Crippen LogP contribution in [0.2, 0.25) is 0 Å². The molecule has 0 aromatic heterocycles. The molecular weight excluding hydrogens is 336 g/mol. The van der Waals surface area contributed by atoms with Gasteiger partial charge < -0.3 is 5.11 Å². The number of aliphatic hydroxyl groups excluding tert-OH is 1. The van der Waals surface area contributed by atoms with Gasteiger partial charge in [-0.1, -0.05) is 18.6 Å². The van der Waals surface area contributed by atoms with Crippen molar-refractivity contribution in [3.63, 3.8) is 0 Å². The van der Waals surface area contributed by atoms with E-state index in [1.807, 2.05) is 11.0 Å². The van der Waals surface area contributed by atoms with Gasteiger partial charge in [-0.25, -0.2) is 0 Å². The fourth-order valence-corrected chi connectivity index (χ4v) is 2.80. The number of hydrogen-bond acceptors (Lipinski definition) is 4. The van der Waals surface area contributed by atoms with Crippen LogP contribution in [-0.4, -0.2) is 47.6 Å². The Bertz CT molecular complexity index is 517. The van der Waals surface area contributed by atoms with Crippen molar-refractivity contribution >= 4 is 27.7 Å². The third kappa shape index (κ3) is 4.36. The molecule has 0 spiro atoms. The minimum atomic E-state index is -0.412. The van der Waals surface area contributed by atoms with Gasteiger partial charge >= 0.3 is 0 Å². The predicted octanol–water partition coefficient (Wildman–Crippen LogP) is 1.55. The monoisotopic (exact) mass is 354 g/mol. The van der Waals surface area contributed by atoms with Crippen LogP contribution in [0.1, 0.15) is 29.6 Å². The second-order valence-electron chi connectivity index (χ2n) is 5.14. The largest absolute Gasteiger partial charge is 0.395 e. The summed E-state index contributed by atoms with van der Waals surface area (Å²) in [7, 11) is 0. The van der Waals surface area contributed by atoms with E-state index in [-0.39, 0.29) is 19.1 Å². The summed E-state index contributed by atoms with van der Waals surface area (Å²) in [6.45, 7) is 0.616. The Kier molecular flexibility index (Phi) is 5.90. The first-order valence-electron chi connectivity index (χ1n) is 7.05. The summed E-state index contributed by atoms with van der Waals surface area (Å²) in [5.41, 5.74) is 0.434. The van der Waals surface area contributed by atoms with Gasteiger partial charge in [0.1, 0.15) is 0 Å². The van der Waals surface area contributed by atoms with Gasteiger partial charge in [0, 0.05) is 17.1 Å². The summed E-state index contributed by atoms with van der Waals surface area (Å²) in [4.78, 5) is 26.0. The Labute approximate surface area is 132 Å². The summed E-state index contributed by atoms with van der Waals surface area (Å²) >= 11 is 3.29. The van der Waals surface area contributed by atoms with Crippen molar-refractivity contribution < 1.29 is 14.7 Å². The third-order valence-electron chi connectivity index (χ3n) is 3.70. The van der Waals surface area contributed by atoms with Crippen LogP contribution < -0.4 is 5.32 Å². The van der Waals surface area contributed by atoms with Crippen molar-refractivity contribution in [3.05, 3.63) is 34.3 Å². The Morgan fingerprint density at radius 3 is 2.62 bits per heavy atom. The quantitative estimate of drug-likeness (QED) is 0.813. The molecule has 5 nitrogen and oxygen atoms in total. The van der Waals surface area contributed by atoms with Crippen molar-refractivity contribution in [1.29, 1.82) is 0 Å². The molecule has 0 heterocycles. The number of nitrogens with zero attached hydrogens (tertiary/aromatic N) is 1. The van der Waals surface area contributed by atoms with Gasteiger partial charge in [0.15, 0.2) is 0 Å². The standard InChI is InChI=1S/C15H19BrN2O3/c16-13-7-2-1-6-12(13)15(21)17-14(20)10-18(8-9-19)11-4-3-5-11/h1-2,6-7,11,19H,3-5,8-10H2,(H,17,20,21). The maximum absolute atomic E-state index is 12.0. The van der Waals surface area contributed by atoms with Crippen LogP contribution >= 0.6 is 15.9 Å². The molecule has 2 amide bonds. The second-order valence-corrected chi connectivity index (χ2v) is 5.99. The molecule has 0 radical (unpaired) electrons. The number of aliphatic hydroxyl groups is 1. The molecule has 6 heteroatoms. The SMILES string of the molecule is O=C(CN(CCO)C1CCC1)NC(=O)c1ccccc1Br. The lowest BCUT2D eigenvalue weighted by atomic mass is 9.91. The van der Waals surface area contributed by atoms with Crippen LogP contribution in [0.3, 0.4) is 0 Å². The maximum Gasteiger partial charge on any atom is 0.259 e. The van der Waals surface area contributed by atoms with E-state index in [0.29, 0.717) is 22.6 Å². The van der Waals surface area contributed by atoms with Crippen LogP contribution in [0.4, 0.5) is 0 Å². The summed E-state index contributed by atoms with van der Waals surface area (Å²) < 4.78 is 0.654. The first-order valence-corrected chi connectivity index (χ1v) is 7.84. The number of imide groups is 1. The van der Waals surface area contributed by atoms with Gasteiger partial charge in [-0.05, 0) is 40.9 Å². The molecule has 2 N–H and O–H groups in total. The van der Waals surface area contributed by atoms with Crippen molar-refractivity contribution in [1.82, 2.24) is 10.2 Å². The second kappa shape index (κ2) is 7.68. The Hall–Kier alpha value is -1.24. The smallest absolute Gasteiger partial charge is 0.259 e. The zero-order chi connectivity index (χ0) is 15.2. The molecule has 1 aliphatic rings. The lowest BCUT2D eigenvalue weighted by molar-refractivity contribution is -0.122. The highest BCUT2D eigenvalue weighted by atomic mass is 79.9. The summed E-state index contributed by atoms with van der Waals surface area (Å²) in [5, 5.41) is 11.5. The molecule has 1 aromatic rings. The van der Waals surface area contributed by atoms with E-state index in [9.17, 15) is 9.59 Å². The third-order valence-corrected chi connectivity index (χ3v) is 4.39. The number of halogens is 1. The van der Waals surface area contributed by atoms with E-state index in [1.165, 1.54) is 0 Å². The van der Waals surface area contributed by atoms with Gasteiger partial charge in [0.05, 0.1) is 18.7 Å². The number of hydrogen-bond donors (Lipinski definition) is 2. The van der Waals surface area contributed by atoms with Crippen LogP contribution in [0.15, 0.2) is 28.7 Å². The van der Waals surface area contributed by atoms with Crippen LogP contribution in [0.5, 0.6) is 0 Å². The number of carbonyl (C=O) groups is 2. The van der Waals surface area contributed by atoms with Crippen LogP contribution in [0, 0.1) is 0 Å². The van der Waals surface area contributed by atoms with Gasteiger partial charge in [0.25, 0.3) is 5.91 Å². The Balaban J connectivity index is 1.91.